The molecule has 0 saturated carbocycles. The predicted molar refractivity (Wildman–Crippen MR) is 66.4 cm³/mol. The predicted octanol–water partition coefficient (Wildman–Crippen LogP) is 0.576. The Labute approximate surface area is 103 Å². The minimum Gasteiger partial charge on any atom is -0.451 e. The van der Waals surface area contributed by atoms with Gasteiger partial charge in [0, 0.05) is 25.2 Å². The summed E-state index contributed by atoms with van der Waals surface area (Å²) in [4.78, 5) is 25.4. The van der Waals surface area contributed by atoms with Crippen molar-refractivity contribution >= 4 is 16.9 Å². The van der Waals surface area contributed by atoms with E-state index in [-0.39, 0.29) is 23.1 Å². The molecule has 1 amide bonds. The minimum absolute atomic E-state index is 0.0288. The highest BCUT2D eigenvalue weighted by atomic mass is 16.3. The third-order valence-electron chi connectivity index (χ3n) is 3.04. The first-order valence-corrected chi connectivity index (χ1v) is 5.73. The maximum absolute atomic E-state index is 12.0. The third kappa shape index (κ3) is 1.69. The van der Waals surface area contributed by atoms with Crippen molar-refractivity contribution < 1.29 is 9.21 Å². The SMILES string of the molecule is NC1CN(C(=O)c2cc(=O)c3ccccc3o2)C1. The molecule has 1 aliphatic heterocycles. The van der Waals surface area contributed by atoms with Crippen molar-refractivity contribution in [2.45, 2.75) is 6.04 Å². The molecule has 5 nitrogen and oxygen atoms in total. The van der Waals surface area contributed by atoms with Crippen LogP contribution in [0.15, 0.2) is 39.5 Å². The van der Waals surface area contributed by atoms with Gasteiger partial charge in [-0.15, -0.1) is 0 Å². The van der Waals surface area contributed by atoms with E-state index in [0.29, 0.717) is 24.1 Å². The first kappa shape index (κ1) is 11.0. The number of nitrogens with zero attached hydrogens (tertiary/aromatic N) is 1. The van der Waals surface area contributed by atoms with Crippen LogP contribution in [-0.4, -0.2) is 29.9 Å². The van der Waals surface area contributed by atoms with E-state index in [0.717, 1.165) is 0 Å². The maximum Gasteiger partial charge on any atom is 0.289 e. The van der Waals surface area contributed by atoms with Gasteiger partial charge in [-0.25, -0.2) is 0 Å². The second-order valence-electron chi connectivity index (χ2n) is 4.44. The first-order chi connectivity index (χ1) is 8.65. The van der Waals surface area contributed by atoms with Gasteiger partial charge in [-0.1, -0.05) is 12.1 Å². The molecule has 0 atom stereocenters. The van der Waals surface area contributed by atoms with Gasteiger partial charge >= 0.3 is 0 Å². The van der Waals surface area contributed by atoms with Gasteiger partial charge in [0.25, 0.3) is 5.91 Å². The van der Waals surface area contributed by atoms with Gasteiger partial charge in [0.2, 0.25) is 0 Å². The summed E-state index contributed by atoms with van der Waals surface area (Å²) in [5.74, 6) is -0.204. The van der Waals surface area contributed by atoms with Crippen molar-refractivity contribution in [2.75, 3.05) is 13.1 Å². The van der Waals surface area contributed by atoms with E-state index < -0.39 is 0 Å². The lowest BCUT2D eigenvalue weighted by Gasteiger charge is -2.36. The largest absolute Gasteiger partial charge is 0.451 e. The Kier molecular flexibility index (Phi) is 2.41. The highest BCUT2D eigenvalue weighted by Gasteiger charge is 2.30. The van der Waals surface area contributed by atoms with Crippen LogP contribution in [0.2, 0.25) is 0 Å². The summed E-state index contributed by atoms with van der Waals surface area (Å²) in [5, 5.41) is 0.481. The molecule has 92 valence electrons. The molecule has 2 N–H and O–H groups in total. The fourth-order valence-electron chi connectivity index (χ4n) is 2.04. The number of benzene rings is 1. The van der Waals surface area contributed by atoms with E-state index in [1.807, 2.05) is 0 Å². The zero-order chi connectivity index (χ0) is 12.7. The number of hydrogen-bond donors (Lipinski definition) is 1. The fraction of sp³-hybridized carbons (Fsp3) is 0.231. The molecule has 0 unspecified atom stereocenters. The quantitative estimate of drug-likeness (QED) is 0.796. The molecule has 2 heterocycles. The van der Waals surface area contributed by atoms with Crippen LogP contribution in [0.5, 0.6) is 0 Å². The van der Waals surface area contributed by atoms with Crippen LogP contribution < -0.4 is 11.2 Å². The van der Waals surface area contributed by atoms with Gasteiger partial charge in [-0.2, -0.15) is 0 Å². The molecule has 0 bridgehead atoms. The second-order valence-corrected chi connectivity index (χ2v) is 4.44. The van der Waals surface area contributed by atoms with Crippen LogP contribution in [0, 0.1) is 0 Å². The molecule has 0 spiro atoms. The van der Waals surface area contributed by atoms with Gasteiger partial charge in [0.15, 0.2) is 11.2 Å². The highest BCUT2D eigenvalue weighted by molar-refractivity contribution is 5.93. The summed E-state index contributed by atoms with van der Waals surface area (Å²) in [5.41, 5.74) is 5.84. The molecular formula is C13H12N2O3. The number of carbonyl (C=O) groups excluding carboxylic acids is 1. The number of nitrogens with two attached hydrogens (primary N) is 1. The van der Waals surface area contributed by atoms with E-state index in [1.54, 1.807) is 29.2 Å². The van der Waals surface area contributed by atoms with Crippen molar-refractivity contribution in [1.82, 2.24) is 4.90 Å². The van der Waals surface area contributed by atoms with E-state index in [4.69, 9.17) is 10.2 Å². The molecule has 2 aromatic rings. The fourth-order valence-corrected chi connectivity index (χ4v) is 2.04. The van der Waals surface area contributed by atoms with Crippen LogP contribution in [0.3, 0.4) is 0 Å². The smallest absolute Gasteiger partial charge is 0.289 e. The lowest BCUT2D eigenvalue weighted by molar-refractivity contribution is 0.0576. The lowest BCUT2D eigenvalue weighted by atomic mass is 10.1. The summed E-state index contributed by atoms with van der Waals surface area (Å²) in [6.45, 7) is 1.02. The highest BCUT2D eigenvalue weighted by Crippen LogP contribution is 2.15. The zero-order valence-corrected chi connectivity index (χ0v) is 9.63. The van der Waals surface area contributed by atoms with E-state index in [1.165, 1.54) is 6.07 Å². The van der Waals surface area contributed by atoms with Gasteiger partial charge in [-0.05, 0) is 12.1 Å². The van der Waals surface area contributed by atoms with E-state index >= 15 is 0 Å². The van der Waals surface area contributed by atoms with E-state index in [9.17, 15) is 9.59 Å². The van der Waals surface area contributed by atoms with Gasteiger partial charge in [-0.3, -0.25) is 9.59 Å². The van der Waals surface area contributed by atoms with Crippen LogP contribution >= 0.6 is 0 Å². The summed E-state index contributed by atoms with van der Waals surface area (Å²) in [7, 11) is 0. The van der Waals surface area contributed by atoms with Gasteiger partial charge in [0.05, 0.1) is 5.39 Å². The van der Waals surface area contributed by atoms with Crippen molar-refractivity contribution in [3.05, 3.63) is 46.3 Å². The lowest BCUT2D eigenvalue weighted by Crippen LogP contribution is -2.57. The standard InChI is InChI=1S/C13H12N2O3/c14-8-6-15(7-8)13(17)12-5-10(16)9-3-1-2-4-11(9)18-12/h1-5,8H,6-7,14H2. The molecule has 1 aromatic carbocycles. The van der Waals surface area contributed by atoms with Crippen molar-refractivity contribution in [1.29, 1.82) is 0 Å². The van der Waals surface area contributed by atoms with Gasteiger partial charge in [0.1, 0.15) is 5.58 Å². The number of fused-ring (bicyclic) bond motifs is 1. The van der Waals surface area contributed by atoms with Crippen molar-refractivity contribution in [2.24, 2.45) is 5.73 Å². The van der Waals surface area contributed by atoms with Crippen LogP contribution in [0.4, 0.5) is 0 Å². The summed E-state index contributed by atoms with van der Waals surface area (Å²) >= 11 is 0. The zero-order valence-electron chi connectivity index (χ0n) is 9.63. The normalized spacial score (nSPS) is 15.7. The molecule has 1 aromatic heterocycles. The summed E-state index contributed by atoms with van der Waals surface area (Å²) in [6, 6.07) is 8.15. The van der Waals surface area contributed by atoms with Crippen LogP contribution in [-0.2, 0) is 0 Å². The molecule has 18 heavy (non-hydrogen) atoms. The maximum atomic E-state index is 12.0. The Hall–Kier alpha value is -2.14. The summed E-state index contributed by atoms with van der Waals surface area (Å²) < 4.78 is 5.46. The molecule has 1 fully saturated rings. The monoisotopic (exact) mass is 244 g/mol. The Morgan fingerprint density at radius 1 is 1.33 bits per heavy atom. The van der Waals surface area contributed by atoms with Crippen LogP contribution in [0.1, 0.15) is 10.6 Å². The molecule has 0 aliphatic carbocycles. The Morgan fingerprint density at radius 2 is 2.06 bits per heavy atom. The number of likely N-dealkylation sites (tertiary alicyclic amines) is 1. The summed E-state index contributed by atoms with van der Waals surface area (Å²) in [6.07, 6.45) is 0. The molecular weight excluding hydrogens is 232 g/mol. The Balaban J connectivity index is 2.03. The van der Waals surface area contributed by atoms with Crippen LogP contribution in [0.25, 0.3) is 11.0 Å². The molecule has 1 saturated heterocycles. The topological polar surface area (TPSA) is 76.5 Å². The average Bonchev–Trinajstić information content (AvgIpc) is 2.34. The first-order valence-electron chi connectivity index (χ1n) is 5.73. The minimum atomic E-state index is -0.278. The number of para-hydroxylation sites is 1. The molecule has 3 rings (SSSR count). The number of carbonyl (C=O) groups is 1. The Bertz CT molecular complexity index is 671. The average molecular weight is 244 g/mol. The van der Waals surface area contributed by atoms with E-state index in [2.05, 4.69) is 0 Å². The number of hydrogen-bond acceptors (Lipinski definition) is 4. The van der Waals surface area contributed by atoms with Crippen molar-refractivity contribution in [3.63, 3.8) is 0 Å². The molecule has 5 heteroatoms. The number of rotatable bonds is 1. The third-order valence-corrected chi connectivity index (χ3v) is 3.04. The Morgan fingerprint density at radius 3 is 2.78 bits per heavy atom. The molecule has 0 radical (unpaired) electrons. The van der Waals surface area contributed by atoms with Crippen molar-refractivity contribution in [3.8, 4) is 0 Å². The second kappa shape index (κ2) is 3.96. The number of amides is 1. The van der Waals surface area contributed by atoms with Gasteiger partial charge < -0.3 is 15.1 Å². The molecule has 1 aliphatic rings.